The summed E-state index contributed by atoms with van der Waals surface area (Å²) >= 11 is 7.29. The number of likely N-dealkylation sites (tertiary alicyclic amines) is 1. The molecule has 0 bridgehead atoms. The van der Waals surface area contributed by atoms with E-state index in [4.69, 9.17) is 11.6 Å². The molecule has 1 saturated heterocycles. The Hall–Kier alpha value is -1.53. The van der Waals surface area contributed by atoms with Gasteiger partial charge in [0.1, 0.15) is 10.8 Å². The Labute approximate surface area is 130 Å². The monoisotopic (exact) mass is 325 g/mol. The Morgan fingerprint density at radius 3 is 2.95 bits per heavy atom. The summed E-state index contributed by atoms with van der Waals surface area (Å²) in [5.41, 5.74) is 0.335. The van der Waals surface area contributed by atoms with Gasteiger partial charge in [-0.15, -0.1) is 11.3 Å². The highest BCUT2D eigenvalue weighted by molar-refractivity contribution is 7.10. The van der Waals surface area contributed by atoms with E-state index in [1.54, 1.807) is 11.1 Å². The van der Waals surface area contributed by atoms with Crippen LogP contribution >= 0.6 is 22.9 Å². The molecule has 0 radical (unpaired) electrons. The molecule has 3 rings (SSSR count). The fourth-order valence-electron chi connectivity index (χ4n) is 2.28. The van der Waals surface area contributed by atoms with E-state index >= 15 is 0 Å². The highest BCUT2D eigenvalue weighted by Crippen LogP contribution is 2.28. The van der Waals surface area contributed by atoms with E-state index in [2.05, 4.69) is 9.97 Å². The molecule has 4 nitrogen and oxygen atoms in total. The van der Waals surface area contributed by atoms with Gasteiger partial charge in [0, 0.05) is 15.8 Å². The second-order valence-electron chi connectivity index (χ2n) is 5.37. The number of alkyl halides is 1. The number of hydrogen-bond donors (Lipinski definition) is 0. The van der Waals surface area contributed by atoms with Crippen molar-refractivity contribution in [2.45, 2.75) is 19.0 Å². The van der Waals surface area contributed by atoms with Crippen molar-refractivity contribution in [1.29, 1.82) is 0 Å². The first kappa shape index (κ1) is 14.4. The molecule has 2 aromatic heterocycles. The summed E-state index contributed by atoms with van der Waals surface area (Å²) in [6.07, 6.45) is 3.39. The maximum atomic E-state index is 13.4. The van der Waals surface area contributed by atoms with E-state index in [9.17, 15) is 9.18 Å². The van der Waals surface area contributed by atoms with Gasteiger partial charge in [0.05, 0.1) is 37.6 Å². The van der Waals surface area contributed by atoms with Crippen molar-refractivity contribution in [3.05, 3.63) is 33.9 Å². The van der Waals surface area contributed by atoms with Gasteiger partial charge in [-0.2, -0.15) is 0 Å². The molecule has 0 spiro atoms. The molecule has 3 heterocycles. The molecular formula is C14H13ClFN3OS. The molecule has 1 aliphatic rings. The summed E-state index contributed by atoms with van der Waals surface area (Å²) in [4.78, 5) is 22.6. The van der Waals surface area contributed by atoms with Crippen LogP contribution in [0.25, 0.3) is 11.3 Å². The predicted octanol–water partition coefficient (Wildman–Crippen LogP) is 2.97. The number of aromatic nitrogens is 2. The number of thiophene rings is 1. The number of carbonyl (C=O) groups is 1. The summed E-state index contributed by atoms with van der Waals surface area (Å²) in [5.74, 6) is -0.0456. The largest absolute Gasteiger partial charge is 0.336 e. The van der Waals surface area contributed by atoms with Crippen molar-refractivity contribution >= 4 is 28.8 Å². The van der Waals surface area contributed by atoms with Gasteiger partial charge in [-0.1, -0.05) is 11.6 Å². The minimum Gasteiger partial charge on any atom is -0.336 e. The number of amides is 1. The molecule has 0 N–H and O–H groups in total. The quantitative estimate of drug-likeness (QED) is 0.871. The third kappa shape index (κ3) is 3.22. The van der Waals surface area contributed by atoms with E-state index in [1.165, 1.54) is 24.5 Å². The lowest BCUT2D eigenvalue weighted by atomic mass is 9.98. The minimum atomic E-state index is -1.23. The lowest BCUT2D eigenvalue weighted by Crippen LogP contribution is -2.59. The van der Waals surface area contributed by atoms with Gasteiger partial charge in [-0.05, 0) is 13.0 Å². The number of hydrogen-bond acceptors (Lipinski definition) is 4. The van der Waals surface area contributed by atoms with E-state index in [-0.39, 0.29) is 25.4 Å². The van der Waals surface area contributed by atoms with E-state index < -0.39 is 5.67 Å². The molecule has 1 aliphatic heterocycles. The summed E-state index contributed by atoms with van der Waals surface area (Å²) in [5, 5.41) is 2.25. The molecule has 0 aliphatic carbocycles. The van der Waals surface area contributed by atoms with Crippen molar-refractivity contribution < 1.29 is 9.18 Å². The van der Waals surface area contributed by atoms with Crippen molar-refractivity contribution in [2.24, 2.45) is 0 Å². The fourth-order valence-corrected chi connectivity index (χ4v) is 3.29. The van der Waals surface area contributed by atoms with E-state index in [0.717, 1.165) is 10.4 Å². The zero-order chi connectivity index (χ0) is 15.0. The van der Waals surface area contributed by atoms with Gasteiger partial charge < -0.3 is 4.90 Å². The molecule has 7 heteroatoms. The third-order valence-corrected chi connectivity index (χ3v) is 4.39. The lowest BCUT2D eigenvalue weighted by Gasteiger charge is -2.42. The van der Waals surface area contributed by atoms with Crippen LogP contribution in [-0.2, 0) is 11.2 Å². The van der Waals surface area contributed by atoms with Crippen molar-refractivity contribution in [3.63, 3.8) is 0 Å². The van der Waals surface area contributed by atoms with Crippen LogP contribution in [-0.4, -0.2) is 39.5 Å². The average molecular weight is 326 g/mol. The fraction of sp³-hybridized carbons (Fsp3) is 0.357. The molecule has 110 valence electrons. The van der Waals surface area contributed by atoms with E-state index in [0.29, 0.717) is 10.8 Å². The average Bonchev–Trinajstić information content (AvgIpc) is 2.84. The zero-order valence-electron chi connectivity index (χ0n) is 11.3. The molecular weight excluding hydrogens is 313 g/mol. The molecule has 1 amide bonds. The van der Waals surface area contributed by atoms with Crippen LogP contribution in [0.5, 0.6) is 0 Å². The topological polar surface area (TPSA) is 46.1 Å². The Kier molecular flexibility index (Phi) is 3.67. The molecule has 0 unspecified atom stereocenters. The Morgan fingerprint density at radius 1 is 1.52 bits per heavy atom. The highest BCUT2D eigenvalue weighted by Gasteiger charge is 2.41. The summed E-state index contributed by atoms with van der Waals surface area (Å²) in [6.45, 7) is 1.88. The summed E-state index contributed by atoms with van der Waals surface area (Å²) in [7, 11) is 0. The van der Waals surface area contributed by atoms with Crippen LogP contribution in [0.1, 0.15) is 11.8 Å². The Balaban J connectivity index is 1.67. The third-order valence-electron chi connectivity index (χ3n) is 3.27. The van der Waals surface area contributed by atoms with Crippen LogP contribution in [0.4, 0.5) is 4.39 Å². The van der Waals surface area contributed by atoms with Crippen LogP contribution in [0.3, 0.4) is 0 Å². The maximum absolute atomic E-state index is 13.4. The number of halogens is 2. The SMILES string of the molecule is CC1(F)CN(C(=O)Cc2cc(-c3cncc(Cl)n3)cs2)C1. The van der Waals surface area contributed by atoms with Gasteiger partial charge in [0.25, 0.3) is 0 Å². The van der Waals surface area contributed by atoms with Crippen LogP contribution in [0.2, 0.25) is 5.15 Å². The molecule has 1 fully saturated rings. The smallest absolute Gasteiger partial charge is 0.228 e. The number of nitrogens with zero attached hydrogens (tertiary/aromatic N) is 3. The number of carbonyl (C=O) groups excluding carboxylic acids is 1. The second-order valence-corrected chi connectivity index (χ2v) is 6.75. The molecule has 21 heavy (non-hydrogen) atoms. The van der Waals surface area contributed by atoms with Crippen LogP contribution in [0, 0.1) is 0 Å². The Bertz CT molecular complexity index is 680. The first-order valence-corrected chi connectivity index (χ1v) is 7.71. The van der Waals surface area contributed by atoms with Crippen molar-refractivity contribution in [3.8, 4) is 11.3 Å². The Morgan fingerprint density at radius 2 is 2.29 bits per heavy atom. The van der Waals surface area contributed by atoms with Gasteiger partial charge in [-0.25, -0.2) is 9.37 Å². The molecule has 2 aromatic rings. The zero-order valence-corrected chi connectivity index (χ0v) is 12.9. The molecule has 0 atom stereocenters. The van der Waals surface area contributed by atoms with Gasteiger partial charge in [0.15, 0.2) is 0 Å². The first-order valence-electron chi connectivity index (χ1n) is 6.45. The van der Waals surface area contributed by atoms with Crippen molar-refractivity contribution in [2.75, 3.05) is 13.1 Å². The minimum absolute atomic E-state index is 0.0456. The second kappa shape index (κ2) is 5.35. The van der Waals surface area contributed by atoms with Crippen LogP contribution < -0.4 is 0 Å². The van der Waals surface area contributed by atoms with Crippen LogP contribution in [0.15, 0.2) is 23.8 Å². The molecule has 0 aromatic carbocycles. The van der Waals surface area contributed by atoms with Crippen molar-refractivity contribution in [1.82, 2.24) is 14.9 Å². The number of rotatable bonds is 3. The molecule has 0 saturated carbocycles. The maximum Gasteiger partial charge on any atom is 0.228 e. The summed E-state index contributed by atoms with van der Waals surface area (Å²) in [6, 6.07) is 1.90. The highest BCUT2D eigenvalue weighted by atomic mass is 35.5. The van der Waals surface area contributed by atoms with Gasteiger partial charge >= 0.3 is 0 Å². The standard InChI is InChI=1S/C14H13ClFN3OS/c1-14(16)7-19(8-14)13(20)3-10-2-9(6-21-10)11-4-17-5-12(15)18-11/h2,4-6H,3,7-8H2,1H3. The predicted molar refractivity (Wildman–Crippen MR) is 80.2 cm³/mol. The lowest BCUT2D eigenvalue weighted by molar-refractivity contribution is -0.143. The van der Waals surface area contributed by atoms with Gasteiger partial charge in [-0.3, -0.25) is 9.78 Å². The first-order chi connectivity index (χ1) is 9.93. The summed E-state index contributed by atoms with van der Waals surface area (Å²) < 4.78 is 13.4. The normalized spacial score (nSPS) is 16.6. The van der Waals surface area contributed by atoms with E-state index in [1.807, 2.05) is 11.4 Å². The van der Waals surface area contributed by atoms with Gasteiger partial charge in [0.2, 0.25) is 5.91 Å².